The van der Waals surface area contributed by atoms with Gasteiger partial charge in [0.05, 0.1) is 18.0 Å². The molecule has 0 bridgehead atoms. The Kier molecular flexibility index (Phi) is 8.76. The highest BCUT2D eigenvalue weighted by Gasteiger charge is 2.30. The van der Waals surface area contributed by atoms with Gasteiger partial charge in [-0.1, -0.05) is 6.08 Å². The van der Waals surface area contributed by atoms with E-state index in [1.165, 1.54) is 4.90 Å². The van der Waals surface area contributed by atoms with Gasteiger partial charge in [-0.25, -0.2) is 19.6 Å². The fraction of sp³-hybridized carbons (Fsp3) is 0.562. The molecule has 0 saturated carbocycles. The second kappa shape index (κ2) is 11.8. The van der Waals surface area contributed by atoms with Gasteiger partial charge in [0.1, 0.15) is 28.6 Å². The number of hydrogen-bond donors (Lipinski definition) is 1. The van der Waals surface area contributed by atoms with Crippen LogP contribution in [0.4, 0.5) is 26.9 Å². The van der Waals surface area contributed by atoms with E-state index in [9.17, 15) is 9.59 Å². The zero-order valence-corrected chi connectivity index (χ0v) is 26.7. The summed E-state index contributed by atoms with van der Waals surface area (Å²) < 4.78 is 17.3. The fourth-order valence-electron chi connectivity index (χ4n) is 5.06. The van der Waals surface area contributed by atoms with Crippen LogP contribution in [0.15, 0.2) is 18.2 Å². The molecule has 0 spiro atoms. The first-order valence-electron chi connectivity index (χ1n) is 14.6. The largest absolute Gasteiger partial charge is 0.491 e. The molecule has 0 radical (unpaired) electrons. The molecule has 10 heteroatoms. The van der Waals surface area contributed by atoms with E-state index in [1.54, 1.807) is 11.9 Å². The maximum Gasteiger partial charge on any atom is 0.414 e. The van der Waals surface area contributed by atoms with Gasteiger partial charge in [-0.2, -0.15) is 0 Å². The van der Waals surface area contributed by atoms with Gasteiger partial charge in [-0.3, -0.25) is 4.90 Å². The summed E-state index contributed by atoms with van der Waals surface area (Å²) in [5, 5.41) is 3.41. The van der Waals surface area contributed by atoms with Gasteiger partial charge < -0.3 is 24.4 Å². The summed E-state index contributed by atoms with van der Waals surface area (Å²) in [6.07, 6.45) is 3.65. The molecule has 10 nitrogen and oxygen atoms in total. The lowest BCUT2D eigenvalue weighted by Gasteiger charge is -2.30. The van der Waals surface area contributed by atoms with Crippen molar-refractivity contribution in [2.75, 3.05) is 30.4 Å². The molecule has 0 saturated heterocycles. The average molecular weight is 580 g/mol. The molecule has 0 fully saturated rings. The van der Waals surface area contributed by atoms with Gasteiger partial charge in [0.25, 0.3) is 0 Å². The summed E-state index contributed by atoms with van der Waals surface area (Å²) in [7, 11) is 1.68. The van der Waals surface area contributed by atoms with Crippen molar-refractivity contribution in [2.24, 2.45) is 0 Å². The predicted octanol–water partition coefficient (Wildman–Crippen LogP) is 6.95. The number of aryl methyl sites for hydroxylation is 1. The van der Waals surface area contributed by atoms with Crippen molar-refractivity contribution in [1.82, 2.24) is 14.9 Å². The maximum atomic E-state index is 12.9. The highest BCUT2D eigenvalue weighted by Crippen LogP contribution is 2.41. The Labute approximate surface area is 249 Å². The third-order valence-electron chi connectivity index (χ3n) is 7.14. The van der Waals surface area contributed by atoms with Crippen molar-refractivity contribution >= 4 is 35.1 Å². The highest BCUT2D eigenvalue weighted by molar-refractivity contribution is 5.88. The Balaban J connectivity index is 1.66. The van der Waals surface area contributed by atoms with E-state index in [0.717, 1.165) is 46.7 Å². The number of anilines is 3. The molecule has 4 rings (SSSR count). The molecule has 228 valence electrons. The molecule has 42 heavy (non-hydrogen) atoms. The van der Waals surface area contributed by atoms with Crippen LogP contribution >= 0.6 is 0 Å². The summed E-state index contributed by atoms with van der Waals surface area (Å²) in [4.78, 5) is 38.5. The van der Waals surface area contributed by atoms with Gasteiger partial charge in [0.2, 0.25) is 0 Å². The Morgan fingerprint density at radius 1 is 1.05 bits per heavy atom. The molecule has 4 heterocycles. The van der Waals surface area contributed by atoms with Crippen molar-refractivity contribution in [3.63, 3.8) is 0 Å². The normalized spacial score (nSPS) is 17.0. The van der Waals surface area contributed by atoms with E-state index in [-0.39, 0.29) is 12.1 Å². The summed E-state index contributed by atoms with van der Waals surface area (Å²) in [5.74, 6) is 2.06. The van der Waals surface area contributed by atoms with Gasteiger partial charge in [-0.15, -0.1) is 0 Å². The third-order valence-corrected chi connectivity index (χ3v) is 7.14. The van der Waals surface area contributed by atoms with Crippen molar-refractivity contribution in [3.8, 4) is 5.75 Å². The maximum absolute atomic E-state index is 12.9. The number of allylic oxidation sites excluding steroid dienone is 1. The zero-order valence-electron chi connectivity index (χ0n) is 26.7. The SMILES string of the molecule is Cc1cc(N(C)C(=O)OC(C)(C)C)cc(Nc2nc3c(c(C4=CCN(C(=O)OC(C)(C)C)[C@@H](C)CC4)c2C)OCC3)n1. The van der Waals surface area contributed by atoms with Crippen LogP contribution in [0.3, 0.4) is 0 Å². The van der Waals surface area contributed by atoms with E-state index in [4.69, 9.17) is 19.2 Å². The Hall–Kier alpha value is -3.82. The van der Waals surface area contributed by atoms with Crippen LogP contribution in [0, 0.1) is 13.8 Å². The molecule has 0 aliphatic carbocycles. The van der Waals surface area contributed by atoms with E-state index < -0.39 is 17.3 Å². The number of hydrogen-bond acceptors (Lipinski definition) is 8. The summed E-state index contributed by atoms with van der Waals surface area (Å²) in [6.45, 7) is 18.1. The topological polar surface area (TPSA) is 106 Å². The van der Waals surface area contributed by atoms with Gasteiger partial charge in [0.15, 0.2) is 0 Å². The van der Waals surface area contributed by atoms with Crippen molar-refractivity contribution in [3.05, 3.63) is 40.7 Å². The van der Waals surface area contributed by atoms with Crippen LogP contribution in [0.25, 0.3) is 5.57 Å². The van der Waals surface area contributed by atoms with Crippen molar-refractivity contribution in [1.29, 1.82) is 0 Å². The molecular formula is C32H45N5O5. The predicted molar refractivity (Wildman–Crippen MR) is 165 cm³/mol. The van der Waals surface area contributed by atoms with Gasteiger partial charge >= 0.3 is 12.2 Å². The highest BCUT2D eigenvalue weighted by atomic mass is 16.6. The lowest BCUT2D eigenvalue weighted by atomic mass is 9.94. The standard InChI is InChI=1S/C32H45N5O5/c1-19-17-23(36(10)29(38)41-31(4,5)6)18-25(33-19)35-28-21(3)26(27-24(34-28)14-16-40-27)22-12-11-20(2)37(15-13-22)30(39)42-32(7,8)9/h13,17-18,20H,11-12,14-16H2,1-10H3,(H,33,34,35)/t20-/m0/s1. The van der Waals surface area contributed by atoms with Crippen LogP contribution in [0.5, 0.6) is 5.75 Å². The monoisotopic (exact) mass is 579 g/mol. The number of rotatable bonds is 4. The first-order valence-corrected chi connectivity index (χ1v) is 14.6. The summed E-state index contributed by atoms with van der Waals surface area (Å²) >= 11 is 0. The van der Waals surface area contributed by atoms with Crippen LogP contribution in [-0.4, -0.2) is 64.5 Å². The van der Waals surface area contributed by atoms with Gasteiger partial charge in [-0.05, 0) is 86.8 Å². The molecular weight excluding hydrogens is 534 g/mol. The molecule has 0 unspecified atom stereocenters. The Bertz CT molecular complexity index is 1390. The minimum Gasteiger partial charge on any atom is -0.491 e. The Morgan fingerprint density at radius 3 is 2.40 bits per heavy atom. The number of ether oxygens (including phenoxy) is 3. The van der Waals surface area contributed by atoms with Crippen molar-refractivity contribution < 1.29 is 23.8 Å². The number of aromatic nitrogens is 2. The zero-order chi connectivity index (χ0) is 31.0. The molecule has 2 aliphatic heterocycles. The van der Waals surface area contributed by atoms with Gasteiger partial charge in [0, 0.05) is 48.9 Å². The van der Waals surface area contributed by atoms with Crippen LogP contribution in [-0.2, 0) is 15.9 Å². The smallest absolute Gasteiger partial charge is 0.414 e. The molecule has 1 atom stereocenters. The Morgan fingerprint density at radius 2 is 1.74 bits per heavy atom. The molecule has 2 aliphatic rings. The minimum absolute atomic E-state index is 0.0270. The average Bonchev–Trinajstić information content (AvgIpc) is 3.23. The second-order valence-electron chi connectivity index (χ2n) is 13.1. The van der Waals surface area contributed by atoms with E-state index >= 15 is 0 Å². The second-order valence-corrected chi connectivity index (χ2v) is 13.1. The summed E-state index contributed by atoms with van der Waals surface area (Å²) in [6, 6.07) is 3.68. The number of pyridine rings is 2. The number of carbonyl (C=O) groups excluding carboxylic acids is 2. The van der Waals surface area contributed by atoms with E-state index in [0.29, 0.717) is 36.9 Å². The first-order chi connectivity index (χ1) is 19.5. The molecule has 2 amide bonds. The quantitative estimate of drug-likeness (QED) is 0.415. The lowest BCUT2D eigenvalue weighted by molar-refractivity contribution is 0.0201. The molecule has 2 aromatic rings. The molecule has 2 aromatic heterocycles. The number of amides is 2. The fourth-order valence-corrected chi connectivity index (χ4v) is 5.06. The van der Waals surface area contributed by atoms with E-state index in [2.05, 4.69) is 23.3 Å². The van der Waals surface area contributed by atoms with Crippen LogP contribution in [0.2, 0.25) is 0 Å². The number of carbonyl (C=O) groups is 2. The number of fused-ring (bicyclic) bond motifs is 1. The van der Waals surface area contributed by atoms with Crippen molar-refractivity contribution in [2.45, 2.75) is 98.8 Å². The number of nitrogens with zero attached hydrogens (tertiary/aromatic N) is 4. The third kappa shape index (κ3) is 7.33. The molecule has 1 N–H and O–H groups in total. The molecule has 0 aromatic carbocycles. The lowest BCUT2D eigenvalue weighted by Crippen LogP contribution is -2.41. The van der Waals surface area contributed by atoms with Crippen LogP contribution in [0.1, 0.15) is 83.8 Å². The number of nitrogens with one attached hydrogen (secondary N) is 1. The minimum atomic E-state index is -0.604. The summed E-state index contributed by atoms with van der Waals surface area (Å²) in [5.41, 5.74) is 4.20. The van der Waals surface area contributed by atoms with Crippen LogP contribution < -0.4 is 15.0 Å². The first kappa shape index (κ1) is 31.1. The van der Waals surface area contributed by atoms with E-state index in [1.807, 2.05) is 67.5 Å².